The molecule has 1 saturated carbocycles. The van der Waals surface area contributed by atoms with Gasteiger partial charge >= 0.3 is 0 Å². The largest absolute Gasteiger partial charge is 0.389 e. The molecule has 1 atom stereocenters. The van der Waals surface area contributed by atoms with E-state index in [4.69, 9.17) is 0 Å². The number of hydrogen-bond acceptors (Lipinski definition) is 3. The maximum atomic E-state index is 11.3. The van der Waals surface area contributed by atoms with Crippen molar-refractivity contribution in [1.82, 2.24) is 10.6 Å². The molecule has 0 aromatic carbocycles. The topological polar surface area (TPSA) is 61.4 Å². The molecule has 4 heteroatoms. The second-order valence-electron chi connectivity index (χ2n) is 5.12. The zero-order valence-corrected chi connectivity index (χ0v) is 10.5. The van der Waals surface area contributed by atoms with Crippen molar-refractivity contribution in [3.05, 3.63) is 0 Å². The van der Waals surface area contributed by atoms with Crippen LogP contribution in [0.4, 0.5) is 0 Å². The Labute approximate surface area is 97.8 Å². The number of carbonyl (C=O) groups is 1. The molecule has 0 aromatic rings. The molecule has 0 radical (unpaired) electrons. The van der Waals surface area contributed by atoms with Gasteiger partial charge in [0.2, 0.25) is 5.91 Å². The smallest absolute Gasteiger partial charge is 0.236 e. The summed E-state index contributed by atoms with van der Waals surface area (Å²) in [5.41, 5.74) is -0.616. The lowest BCUT2D eigenvalue weighted by Crippen LogP contribution is -2.49. The van der Waals surface area contributed by atoms with Gasteiger partial charge in [-0.1, -0.05) is 6.92 Å². The van der Waals surface area contributed by atoms with E-state index in [1.54, 1.807) is 7.05 Å². The Morgan fingerprint density at radius 1 is 1.50 bits per heavy atom. The average Bonchev–Trinajstić information content (AvgIpc) is 2.29. The lowest BCUT2D eigenvalue weighted by molar-refractivity contribution is -0.122. The molecule has 1 unspecified atom stereocenters. The van der Waals surface area contributed by atoms with Gasteiger partial charge < -0.3 is 15.7 Å². The quantitative estimate of drug-likeness (QED) is 0.662. The molecular formula is C12H24N2O2. The number of carbonyl (C=O) groups excluding carboxylic acids is 1. The molecule has 0 heterocycles. The van der Waals surface area contributed by atoms with E-state index >= 15 is 0 Å². The molecular weight excluding hydrogens is 204 g/mol. The van der Waals surface area contributed by atoms with Crippen LogP contribution in [0.25, 0.3) is 0 Å². The van der Waals surface area contributed by atoms with Crippen LogP contribution in [0.3, 0.4) is 0 Å². The predicted octanol–water partition coefficient (Wildman–Crippen LogP) is 0.652. The molecule has 0 bridgehead atoms. The fourth-order valence-corrected chi connectivity index (χ4v) is 2.13. The van der Waals surface area contributed by atoms with Crippen molar-refractivity contribution >= 4 is 5.91 Å². The lowest BCUT2D eigenvalue weighted by Gasteiger charge is -2.35. The lowest BCUT2D eigenvalue weighted by atomic mass is 9.79. The highest BCUT2D eigenvalue weighted by atomic mass is 16.3. The highest BCUT2D eigenvalue weighted by Crippen LogP contribution is 2.31. The summed E-state index contributed by atoms with van der Waals surface area (Å²) < 4.78 is 0. The maximum Gasteiger partial charge on any atom is 0.236 e. The Morgan fingerprint density at radius 3 is 2.56 bits per heavy atom. The van der Waals surface area contributed by atoms with Crippen molar-refractivity contribution in [3.63, 3.8) is 0 Å². The molecule has 0 aromatic heterocycles. The minimum Gasteiger partial charge on any atom is -0.389 e. The van der Waals surface area contributed by atoms with E-state index in [-0.39, 0.29) is 11.9 Å². The van der Waals surface area contributed by atoms with E-state index in [1.807, 2.05) is 6.92 Å². The third-order valence-electron chi connectivity index (χ3n) is 3.58. The summed E-state index contributed by atoms with van der Waals surface area (Å²) in [6.07, 6.45) is 3.82. The van der Waals surface area contributed by atoms with Gasteiger partial charge in [0.1, 0.15) is 0 Å². The van der Waals surface area contributed by atoms with Gasteiger partial charge in [-0.25, -0.2) is 0 Å². The van der Waals surface area contributed by atoms with Gasteiger partial charge in [0.25, 0.3) is 0 Å². The monoisotopic (exact) mass is 228 g/mol. The first-order chi connectivity index (χ1) is 7.47. The fourth-order valence-electron chi connectivity index (χ4n) is 2.13. The number of likely N-dealkylation sites (N-methyl/N-ethyl adjacent to an activating group) is 1. The van der Waals surface area contributed by atoms with E-state index in [9.17, 15) is 9.90 Å². The summed E-state index contributed by atoms with van der Waals surface area (Å²) in [6, 6.07) is -0.242. The van der Waals surface area contributed by atoms with Crippen LogP contribution in [0, 0.1) is 5.92 Å². The molecule has 0 aliphatic heterocycles. The molecule has 1 aliphatic carbocycles. The van der Waals surface area contributed by atoms with E-state index in [2.05, 4.69) is 17.6 Å². The predicted molar refractivity (Wildman–Crippen MR) is 64.1 cm³/mol. The first-order valence-corrected chi connectivity index (χ1v) is 6.14. The van der Waals surface area contributed by atoms with Gasteiger partial charge in [-0.15, -0.1) is 0 Å². The van der Waals surface area contributed by atoms with Crippen LogP contribution in [0.15, 0.2) is 0 Å². The molecule has 16 heavy (non-hydrogen) atoms. The van der Waals surface area contributed by atoms with Crippen molar-refractivity contribution in [2.24, 2.45) is 5.92 Å². The number of nitrogens with one attached hydrogen (secondary N) is 2. The summed E-state index contributed by atoms with van der Waals surface area (Å²) in [4.78, 5) is 11.3. The molecule has 4 nitrogen and oxygen atoms in total. The minimum atomic E-state index is -0.616. The number of rotatable bonds is 4. The van der Waals surface area contributed by atoms with Crippen molar-refractivity contribution in [2.45, 2.75) is 51.2 Å². The van der Waals surface area contributed by atoms with Crippen LogP contribution < -0.4 is 10.6 Å². The first kappa shape index (κ1) is 13.5. The maximum absolute atomic E-state index is 11.3. The van der Waals surface area contributed by atoms with Crippen molar-refractivity contribution in [2.75, 3.05) is 13.6 Å². The first-order valence-electron chi connectivity index (χ1n) is 6.14. The van der Waals surface area contributed by atoms with E-state index < -0.39 is 5.60 Å². The van der Waals surface area contributed by atoms with Crippen LogP contribution in [-0.4, -0.2) is 36.2 Å². The molecule has 1 amide bonds. The third-order valence-corrected chi connectivity index (χ3v) is 3.58. The van der Waals surface area contributed by atoms with Gasteiger partial charge in [-0.3, -0.25) is 4.79 Å². The van der Waals surface area contributed by atoms with Crippen LogP contribution >= 0.6 is 0 Å². The third kappa shape index (κ3) is 3.76. The Balaban J connectivity index is 2.34. The number of aliphatic hydroxyl groups is 1. The minimum absolute atomic E-state index is 0.0345. The van der Waals surface area contributed by atoms with Crippen LogP contribution in [0.1, 0.15) is 39.5 Å². The number of hydrogen-bond donors (Lipinski definition) is 3. The second-order valence-corrected chi connectivity index (χ2v) is 5.12. The van der Waals surface area contributed by atoms with E-state index in [0.717, 1.165) is 31.6 Å². The summed E-state index contributed by atoms with van der Waals surface area (Å²) in [7, 11) is 1.62. The Hall–Kier alpha value is -0.610. The second kappa shape index (κ2) is 5.64. The Morgan fingerprint density at radius 2 is 2.06 bits per heavy atom. The summed E-state index contributed by atoms with van der Waals surface area (Å²) in [5.74, 6) is 0.685. The molecule has 0 spiro atoms. The molecule has 1 rings (SSSR count). The molecule has 94 valence electrons. The van der Waals surface area contributed by atoms with Crippen LogP contribution in [0.5, 0.6) is 0 Å². The summed E-state index contributed by atoms with van der Waals surface area (Å²) >= 11 is 0. The van der Waals surface area contributed by atoms with Gasteiger partial charge in [-0.2, -0.15) is 0 Å². The van der Waals surface area contributed by atoms with Gasteiger partial charge in [-0.05, 0) is 38.5 Å². The Bertz CT molecular complexity index is 235. The number of amides is 1. The van der Waals surface area contributed by atoms with Crippen molar-refractivity contribution in [3.8, 4) is 0 Å². The molecule has 3 N–H and O–H groups in total. The van der Waals surface area contributed by atoms with Gasteiger partial charge in [0.15, 0.2) is 0 Å². The molecule has 1 fully saturated rings. The fraction of sp³-hybridized carbons (Fsp3) is 0.917. The van der Waals surface area contributed by atoms with Crippen LogP contribution in [-0.2, 0) is 4.79 Å². The van der Waals surface area contributed by atoms with Gasteiger partial charge in [0, 0.05) is 13.6 Å². The SMILES string of the molecule is CNC(=O)C(C)NCC1(O)CCC(C)CC1. The highest BCUT2D eigenvalue weighted by molar-refractivity contribution is 5.80. The van der Waals surface area contributed by atoms with Crippen LogP contribution in [0.2, 0.25) is 0 Å². The zero-order valence-electron chi connectivity index (χ0n) is 10.5. The van der Waals surface area contributed by atoms with Crippen molar-refractivity contribution < 1.29 is 9.90 Å². The van der Waals surface area contributed by atoms with E-state index in [0.29, 0.717) is 6.54 Å². The van der Waals surface area contributed by atoms with E-state index in [1.165, 1.54) is 0 Å². The summed E-state index contributed by atoms with van der Waals surface area (Å²) in [6.45, 7) is 4.54. The average molecular weight is 228 g/mol. The molecule has 1 aliphatic rings. The zero-order chi connectivity index (χ0) is 12.2. The summed E-state index contributed by atoms with van der Waals surface area (Å²) in [5, 5.41) is 16.0. The normalized spacial score (nSPS) is 32.1. The highest BCUT2D eigenvalue weighted by Gasteiger charge is 2.32. The standard InChI is InChI=1S/C12H24N2O2/c1-9-4-6-12(16,7-5-9)8-14-10(2)11(15)13-3/h9-10,14,16H,4-8H2,1-3H3,(H,13,15). The van der Waals surface area contributed by atoms with Crippen molar-refractivity contribution in [1.29, 1.82) is 0 Å². The molecule has 0 saturated heterocycles. The van der Waals surface area contributed by atoms with Gasteiger partial charge in [0.05, 0.1) is 11.6 Å². The Kier molecular flexibility index (Phi) is 4.74.